The molecule has 100 valence electrons. The summed E-state index contributed by atoms with van der Waals surface area (Å²) in [5.41, 5.74) is 5.55. The third-order valence-electron chi connectivity index (χ3n) is 4.05. The molecule has 1 fully saturated rings. The summed E-state index contributed by atoms with van der Waals surface area (Å²) in [6.45, 7) is 5.00. The van der Waals surface area contributed by atoms with Gasteiger partial charge in [0, 0.05) is 12.5 Å². The Morgan fingerprint density at radius 3 is 2.76 bits per heavy atom. The predicted octanol–water partition coefficient (Wildman–Crippen LogP) is 2.45. The van der Waals surface area contributed by atoms with Gasteiger partial charge in [0.15, 0.2) is 0 Å². The first-order valence-corrected chi connectivity index (χ1v) is 7.16. The Labute approximate surface area is 106 Å². The number of rotatable bonds is 6. The van der Waals surface area contributed by atoms with Crippen LogP contribution < -0.4 is 11.1 Å². The maximum Gasteiger partial charge on any atom is 0.220 e. The summed E-state index contributed by atoms with van der Waals surface area (Å²) in [5, 5.41) is 3.22. The van der Waals surface area contributed by atoms with Crippen LogP contribution in [0.1, 0.15) is 58.8 Å². The fourth-order valence-electron chi connectivity index (χ4n) is 2.66. The van der Waals surface area contributed by atoms with Crippen molar-refractivity contribution in [3.8, 4) is 0 Å². The molecule has 0 aromatic rings. The molecule has 1 aliphatic carbocycles. The Morgan fingerprint density at radius 2 is 2.12 bits per heavy atom. The lowest BCUT2D eigenvalue weighted by atomic mass is 9.83. The molecule has 3 N–H and O–H groups in total. The van der Waals surface area contributed by atoms with Gasteiger partial charge in [-0.15, -0.1) is 0 Å². The van der Waals surface area contributed by atoms with Gasteiger partial charge in [0.05, 0.1) is 0 Å². The van der Waals surface area contributed by atoms with Gasteiger partial charge in [0.2, 0.25) is 5.91 Å². The quantitative estimate of drug-likeness (QED) is 0.749. The number of hydrogen-bond donors (Lipinski definition) is 2. The molecule has 0 heterocycles. The van der Waals surface area contributed by atoms with E-state index in [2.05, 4.69) is 19.2 Å². The summed E-state index contributed by atoms with van der Waals surface area (Å²) < 4.78 is 0. The van der Waals surface area contributed by atoms with Gasteiger partial charge in [-0.25, -0.2) is 0 Å². The van der Waals surface area contributed by atoms with Crippen LogP contribution in [0.3, 0.4) is 0 Å². The lowest BCUT2D eigenvalue weighted by Crippen LogP contribution is -2.42. The van der Waals surface area contributed by atoms with Gasteiger partial charge in [0.25, 0.3) is 0 Å². The molecule has 0 aliphatic heterocycles. The molecule has 0 aromatic carbocycles. The van der Waals surface area contributed by atoms with Crippen molar-refractivity contribution in [2.24, 2.45) is 17.6 Å². The molecule has 1 aliphatic rings. The van der Waals surface area contributed by atoms with Crippen LogP contribution >= 0.6 is 0 Å². The van der Waals surface area contributed by atoms with Crippen LogP contribution in [0.4, 0.5) is 0 Å². The van der Waals surface area contributed by atoms with Gasteiger partial charge in [-0.2, -0.15) is 0 Å². The highest BCUT2D eigenvalue weighted by atomic mass is 16.1. The average Bonchev–Trinajstić information content (AvgIpc) is 2.36. The molecule has 3 atom stereocenters. The van der Waals surface area contributed by atoms with Crippen LogP contribution in [0.5, 0.6) is 0 Å². The Balaban J connectivity index is 2.28. The first-order chi connectivity index (χ1) is 8.17. The van der Waals surface area contributed by atoms with Crippen molar-refractivity contribution in [2.75, 3.05) is 6.54 Å². The van der Waals surface area contributed by atoms with Gasteiger partial charge >= 0.3 is 0 Å². The maximum absolute atomic E-state index is 11.8. The molecule has 0 bridgehead atoms. The summed E-state index contributed by atoms with van der Waals surface area (Å²) in [5.74, 6) is 1.37. The molecule has 0 aromatic heterocycles. The zero-order valence-electron chi connectivity index (χ0n) is 11.4. The monoisotopic (exact) mass is 240 g/mol. The van der Waals surface area contributed by atoms with Crippen LogP contribution in [-0.2, 0) is 4.79 Å². The fourth-order valence-corrected chi connectivity index (χ4v) is 2.66. The third kappa shape index (κ3) is 5.07. The Kier molecular flexibility index (Phi) is 6.56. The Morgan fingerprint density at radius 1 is 1.41 bits per heavy atom. The van der Waals surface area contributed by atoms with Crippen molar-refractivity contribution in [3.63, 3.8) is 0 Å². The normalized spacial score (nSPS) is 26.5. The summed E-state index contributed by atoms with van der Waals surface area (Å²) in [4.78, 5) is 11.8. The van der Waals surface area contributed by atoms with E-state index in [1.54, 1.807) is 0 Å². The Bertz CT molecular complexity index is 230. The molecule has 0 radical (unpaired) electrons. The second-order valence-corrected chi connectivity index (χ2v) is 5.51. The van der Waals surface area contributed by atoms with Crippen molar-refractivity contribution in [2.45, 2.75) is 64.8 Å². The predicted molar refractivity (Wildman–Crippen MR) is 71.6 cm³/mol. The topological polar surface area (TPSA) is 55.1 Å². The Hall–Kier alpha value is -0.570. The highest BCUT2D eigenvalue weighted by Crippen LogP contribution is 2.26. The van der Waals surface area contributed by atoms with E-state index in [1.165, 1.54) is 25.7 Å². The molecule has 3 heteroatoms. The molecule has 3 unspecified atom stereocenters. The van der Waals surface area contributed by atoms with Crippen molar-refractivity contribution in [1.82, 2.24) is 5.32 Å². The second kappa shape index (κ2) is 7.70. The van der Waals surface area contributed by atoms with E-state index < -0.39 is 0 Å². The van der Waals surface area contributed by atoms with Crippen LogP contribution in [0, 0.1) is 11.8 Å². The number of carbonyl (C=O) groups excluding carboxylic acids is 1. The summed E-state index contributed by atoms with van der Waals surface area (Å²) in [6, 6.07) is 0.425. The minimum Gasteiger partial charge on any atom is -0.353 e. The number of nitrogens with one attached hydrogen (secondary N) is 1. The standard InChI is InChI=1S/C14H28N2O/c1-3-12-6-4-5-7-13(12)16-14(17)9-8-11(2)10-15/h11-13H,3-10,15H2,1-2H3,(H,16,17). The van der Waals surface area contributed by atoms with Gasteiger partial charge in [-0.3, -0.25) is 4.79 Å². The number of carbonyl (C=O) groups is 1. The van der Waals surface area contributed by atoms with Gasteiger partial charge in [-0.05, 0) is 37.6 Å². The lowest BCUT2D eigenvalue weighted by molar-refractivity contribution is -0.122. The van der Waals surface area contributed by atoms with Gasteiger partial charge < -0.3 is 11.1 Å². The van der Waals surface area contributed by atoms with Crippen LogP contribution in [0.15, 0.2) is 0 Å². The minimum absolute atomic E-state index is 0.218. The smallest absolute Gasteiger partial charge is 0.220 e. The molecule has 1 rings (SSSR count). The zero-order chi connectivity index (χ0) is 12.7. The molecule has 3 nitrogen and oxygen atoms in total. The van der Waals surface area contributed by atoms with Crippen molar-refractivity contribution >= 4 is 5.91 Å². The van der Waals surface area contributed by atoms with Gasteiger partial charge in [0.1, 0.15) is 0 Å². The second-order valence-electron chi connectivity index (χ2n) is 5.51. The van der Waals surface area contributed by atoms with Crippen LogP contribution in [0.2, 0.25) is 0 Å². The zero-order valence-corrected chi connectivity index (χ0v) is 11.4. The summed E-state index contributed by atoms with van der Waals surface area (Å²) in [6.07, 6.45) is 7.76. The molecule has 0 spiro atoms. The molecule has 1 saturated carbocycles. The van der Waals surface area contributed by atoms with E-state index in [0.29, 0.717) is 30.8 Å². The van der Waals surface area contributed by atoms with Crippen molar-refractivity contribution in [3.05, 3.63) is 0 Å². The molecular formula is C14H28N2O. The molecular weight excluding hydrogens is 212 g/mol. The third-order valence-corrected chi connectivity index (χ3v) is 4.05. The summed E-state index contributed by atoms with van der Waals surface area (Å²) >= 11 is 0. The lowest BCUT2D eigenvalue weighted by Gasteiger charge is -2.31. The SMILES string of the molecule is CCC1CCCCC1NC(=O)CCC(C)CN. The molecule has 1 amide bonds. The molecule has 17 heavy (non-hydrogen) atoms. The molecule has 0 saturated heterocycles. The fraction of sp³-hybridized carbons (Fsp3) is 0.929. The average molecular weight is 240 g/mol. The number of nitrogens with two attached hydrogens (primary N) is 1. The number of amides is 1. The largest absolute Gasteiger partial charge is 0.353 e. The maximum atomic E-state index is 11.8. The van der Waals surface area contributed by atoms with E-state index in [1.807, 2.05) is 0 Å². The number of hydrogen-bond acceptors (Lipinski definition) is 2. The van der Waals surface area contributed by atoms with Crippen molar-refractivity contribution in [1.29, 1.82) is 0 Å². The van der Waals surface area contributed by atoms with Gasteiger partial charge in [-0.1, -0.05) is 33.1 Å². The van der Waals surface area contributed by atoms with E-state index in [-0.39, 0.29) is 5.91 Å². The first kappa shape index (κ1) is 14.5. The van der Waals surface area contributed by atoms with E-state index in [9.17, 15) is 4.79 Å². The highest BCUT2D eigenvalue weighted by Gasteiger charge is 2.24. The summed E-state index contributed by atoms with van der Waals surface area (Å²) in [7, 11) is 0. The highest BCUT2D eigenvalue weighted by molar-refractivity contribution is 5.76. The van der Waals surface area contributed by atoms with E-state index >= 15 is 0 Å². The minimum atomic E-state index is 0.218. The van der Waals surface area contributed by atoms with Crippen molar-refractivity contribution < 1.29 is 4.79 Å². The first-order valence-electron chi connectivity index (χ1n) is 7.16. The van der Waals surface area contributed by atoms with Crippen LogP contribution in [-0.4, -0.2) is 18.5 Å². The van der Waals surface area contributed by atoms with Crippen LogP contribution in [0.25, 0.3) is 0 Å². The van der Waals surface area contributed by atoms with E-state index in [4.69, 9.17) is 5.73 Å². The van der Waals surface area contributed by atoms with E-state index in [0.717, 1.165) is 12.8 Å².